The van der Waals surface area contributed by atoms with Crippen LogP contribution < -0.4 is 4.72 Å². The molecule has 0 amide bonds. The summed E-state index contributed by atoms with van der Waals surface area (Å²) in [6.07, 6.45) is 0. The summed E-state index contributed by atoms with van der Waals surface area (Å²) in [4.78, 5) is 10.7. The van der Waals surface area contributed by atoms with Gasteiger partial charge in [0.05, 0.1) is 5.75 Å². The number of Topliss-reactive ketones (excluding diaryl/α,β-unsaturated/α-hetero) is 1. The fourth-order valence-corrected chi connectivity index (χ4v) is 3.95. The Hall–Kier alpha value is -2.17. The molecule has 25 heavy (non-hydrogen) atoms. The van der Waals surface area contributed by atoms with Gasteiger partial charge >= 0.3 is 0 Å². The molecule has 0 saturated heterocycles. The van der Waals surface area contributed by atoms with E-state index in [9.17, 15) is 30.8 Å². The van der Waals surface area contributed by atoms with Gasteiger partial charge in [-0.25, -0.2) is 17.2 Å². The van der Waals surface area contributed by atoms with Crippen molar-refractivity contribution in [2.75, 3.05) is 4.72 Å². The Labute approximate surface area is 145 Å². The first-order chi connectivity index (χ1) is 11.6. The van der Waals surface area contributed by atoms with Gasteiger partial charge in [0.25, 0.3) is 0 Å². The van der Waals surface area contributed by atoms with Gasteiger partial charge in [0.15, 0.2) is 15.6 Å². The standard InChI is InChI=1S/C15H13F2NO5S2/c1-9(19)10-2-4-14(18-24(20)21)11(6-10)8-25(22,23)15-5-3-12(16)7-13(15)17/h2-7,18H,8H2,1H3,(H,20,21)/p-1. The van der Waals surface area contributed by atoms with Crippen LogP contribution in [0.3, 0.4) is 0 Å². The maximum Gasteiger partial charge on any atom is 0.185 e. The van der Waals surface area contributed by atoms with Crippen LogP contribution in [-0.4, -0.2) is 23.0 Å². The molecule has 0 fully saturated rings. The molecule has 2 aromatic rings. The molecular formula is C15H12F2NO5S2-. The van der Waals surface area contributed by atoms with Crippen LogP contribution in [0.25, 0.3) is 0 Å². The van der Waals surface area contributed by atoms with Crippen molar-refractivity contribution in [1.82, 2.24) is 0 Å². The molecule has 10 heteroatoms. The van der Waals surface area contributed by atoms with Crippen molar-refractivity contribution in [3.63, 3.8) is 0 Å². The smallest absolute Gasteiger partial charge is 0.185 e. The van der Waals surface area contributed by atoms with Crippen molar-refractivity contribution in [2.24, 2.45) is 0 Å². The molecule has 0 bridgehead atoms. The van der Waals surface area contributed by atoms with Gasteiger partial charge in [-0.1, -0.05) is 0 Å². The van der Waals surface area contributed by atoms with Crippen LogP contribution in [0.2, 0.25) is 0 Å². The average Bonchev–Trinajstić information content (AvgIpc) is 2.47. The minimum absolute atomic E-state index is 0.0411. The summed E-state index contributed by atoms with van der Waals surface area (Å²) in [6, 6.07) is 5.78. The molecule has 2 aromatic carbocycles. The number of benzene rings is 2. The number of ketones is 1. The van der Waals surface area contributed by atoms with Crippen molar-refractivity contribution >= 4 is 32.6 Å². The average molecular weight is 388 g/mol. The number of sulfone groups is 1. The Morgan fingerprint density at radius 3 is 2.44 bits per heavy atom. The van der Waals surface area contributed by atoms with E-state index < -0.39 is 43.4 Å². The summed E-state index contributed by atoms with van der Waals surface area (Å²) < 4.78 is 75.3. The maximum absolute atomic E-state index is 13.8. The minimum Gasteiger partial charge on any atom is -0.755 e. The second-order valence-corrected chi connectivity index (χ2v) is 7.73. The number of anilines is 1. The number of rotatable bonds is 6. The van der Waals surface area contributed by atoms with Gasteiger partial charge in [-0.15, -0.1) is 0 Å². The van der Waals surface area contributed by atoms with Crippen LogP contribution in [0.5, 0.6) is 0 Å². The molecular weight excluding hydrogens is 376 g/mol. The van der Waals surface area contributed by atoms with Crippen LogP contribution in [0.1, 0.15) is 22.8 Å². The van der Waals surface area contributed by atoms with E-state index in [1.165, 1.54) is 25.1 Å². The number of halogens is 2. The molecule has 1 atom stereocenters. The zero-order valence-corrected chi connectivity index (χ0v) is 14.4. The van der Waals surface area contributed by atoms with E-state index in [0.29, 0.717) is 6.07 Å². The molecule has 0 spiro atoms. The van der Waals surface area contributed by atoms with Crippen LogP contribution in [0, 0.1) is 11.6 Å². The third-order valence-corrected chi connectivity index (χ3v) is 5.36. The zero-order chi connectivity index (χ0) is 18.8. The maximum atomic E-state index is 13.8. The monoisotopic (exact) mass is 388 g/mol. The van der Waals surface area contributed by atoms with Crippen LogP contribution >= 0.6 is 0 Å². The second kappa shape index (κ2) is 7.38. The van der Waals surface area contributed by atoms with Gasteiger partial charge in [0.2, 0.25) is 0 Å². The Bertz CT molecular complexity index is 960. The minimum atomic E-state index is -4.26. The van der Waals surface area contributed by atoms with Gasteiger partial charge in [0.1, 0.15) is 16.5 Å². The highest BCUT2D eigenvalue weighted by Crippen LogP contribution is 2.26. The lowest BCUT2D eigenvalue weighted by atomic mass is 10.1. The fourth-order valence-electron chi connectivity index (χ4n) is 2.13. The summed E-state index contributed by atoms with van der Waals surface area (Å²) in [5, 5.41) is 0. The van der Waals surface area contributed by atoms with Crippen molar-refractivity contribution in [1.29, 1.82) is 0 Å². The van der Waals surface area contributed by atoms with Crippen molar-refractivity contribution in [3.8, 4) is 0 Å². The zero-order valence-electron chi connectivity index (χ0n) is 12.8. The molecule has 0 radical (unpaired) electrons. The highest BCUT2D eigenvalue weighted by Gasteiger charge is 2.22. The quantitative estimate of drug-likeness (QED) is 0.465. The third-order valence-electron chi connectivity index (χ3n) is 3.28. The van der Waals surface area contributed by atoms with E-state index in [0.717, 1.165) is 12.1 Å². The van der Waals surface area contributed by atoms with E-state index in [1.54, 1.807) is 0 Å². The van der Waals surface area contributed by atoms with E-state index in [2.05, 4.69) is 0 Å². The molecule has 0 aromatic heterocycles. The van der Waals surface area contributed by atoms with Gasteiger partial charge in [0, 0.05) is 28.6 Å². The molecule has 0 aliphatic carbocycles. The number of nitrogens with one attached hydrogen (secondary N) is 1. The third kappa shape index (κ3) is 4.68. The van der Waals surface area contributed by atoms with Crippen LogP contribution in [-0.2, 0) is 26.9 Å². The molecule has 134 valence electrons. The molecule has 0 aliphatic heterocycles. The Kier molecular flexibility index (Phi) is 5.65. The summed E-state index contributed by atoms with van der Waals surface area (Å²) in [5.74, 6) is -3.33. The molecule has 0 saturated carbocycles. The second-order valence-electron chi connectivity index (χ2n) is 5.10. The number of hydrogen-bond donors (Lipinski definition) is 1. The van der Waals surface area contributed by atoms with E-state index >= 15 is 0 Å². The van der Waals surface area contributed by atoms with Gasteiger partial charge in [-0.2, -0.15) is 0 Å². The van der Waals surface area contributed by atoms with Crippen molar-refractivity contribution in [2.45, 2.75) is 17.6 Å². The van der Waals surface area contributed by atoms with E-state index in [1.807, 2.05) is 4.72 Å². The lowest BCUT2D eigenvalue weighted by Crippen LogP contribution is -2.12. The van der Waals surface area contributed by atoms with Gasteiger partial charge < -0.3 is 9.27 Å². The Morgan fingerprint density at radius 1 is 1.20 bits per heavy atom. The molecule has 1 N–H and O–H groups in total. The highest BCUT2D eigenvalue weighted by molar-refractivity contribution is 7.90. The Balaban J connectivity index is 2.50. The van der Waals surface area contributed by atoms with E-state index in [-0.39, 0.29) is 22.6 Å². The van der Waals surface area contributed by atoms with Crippen LogP contribution in [0.15, 0.2) is 41.3 Å². The van der Waals surface area contributed by atoms with Crippen LogP contribution in [0.4, 0.5) is 14.5 Å². The lowest BCUT2D eigenvalue weighted by molar-refractivity contribution is 0.101. The highest BCUT2D eigenvalue weighted by atomic mass is 32.2. The van der Waals surface area contributed by atoms with Crippen molar-refractivity contribution in [3.05, 3.63) is 59.2 Å². The largest absolute Gasteiger partial charge is 0.755 e. The lowest BCUT2D eigenvalue weighted by Gasteiger charge is -2.15. The molecule has 0 aliphatic rings. The summed E-state index contributed by atoms with van der Waals surface area (Å²) >= 11 is -2.73. The summed E-state index contributed by atoms with van der Waals surface area (Å²) in [5.41, 5.74) is 0.0528. The molecule has 2 rings (SSSR count). The first kappa shape index (κ1) is 19.2. The number of carbonyl (C=O) groups is 1. The van der Waals surface area contributed by atoms with Gasteiger partial charge in [-0.05, 0) is 42.8 Å². The van der Waals surface area contributed by atoms with Gasteiger partial charge in [-0.3, -0.25) is 9.00 Å². The number of hydrogen-bond acceptors (Lipinski definition) is 5. The summed E-state index contributed by atoms with van der Waals surface area (Å²) in [6.45, 7) is 1.26. The normalized spacial score (nSPS) is 12.6. The summed E-state index contributed by atoms with van der Waals surface area (Å²) in [7, 11) is -4.26. The SMILES string of the molecule is CC(=O)c1ccc(NS(=O)[O-])c(CS(=O)(=O)c2ccc(F)cc2F)c1. The fraction of sp³-hybridized carbons (Fsp3) is 0.133. The molecule has 1 unspecified atom stereocenters. The van der Waals surface area contributed by atoms with E-state index in [4.69, 9.17) is 0 Å². The first-order valence-corrected chi connectivity index (χ1v) is 9.50. The Morgan fingerprint density at radius 2 is 1.88 bits per heavy atom. The first-order valence-electron chi connectivity index (χ1n) is 6.78. The molecule has 0 heterocycles. The number of carbonyl (C=O) groups excluding carboxylic acids is 1. The van der Waals surface area contributed by atoms with Crippen molar-refractivity contribution < 1.29 is 30.8 Å². The topological polar surface area (TPSA) is 103 Å². The predicted octanol–water partition coefficient (Wildman–Crippen LogP) is 2.35. The molecule has 6 nitrogen and oxygen atoms in total. The predicted molar refractivity (Wildman–Crippen MR) is 86.2 cm³/mol.